The molecule has 1 saturated carbocycles. The van der Waals surface area contributed by atoms with Gasteiger partial charge >= 0.3 is 0 Å². The molecule has 2 nitrogen and oxygen atoms in total. The fraction of sp³-hybridized carbons (Fsp3) is 0.667. The molecule has 2 rings (SSSR count). The normalized spacial score (nSPS) is 22.3. The zero-order chi connectivity index (χ0) is 12.3. The van der Waals surface area contributed by atoms with Crippen LogP contribution in [0.1, 0.15) is 45.1 Å². The van der Waals surface area contributed by atoms with Gasteiger partial charge in [0, 0.05) is 12.4 Å². The van der Waals surface area contributed by atoms with Crippen LogP contribution in [-0.2, 0) is 6.42 Å². The molecule has 0 amide bonds. The van der Waals surface area contributed by atoms with Crippen molar-refractivity contribution in [3.63, 3.8) is 0 Å². The largest absolute Gasteiger partial charge is 0.392 e. The van der Waals surface area contributed by atoms with Crippen LogP contribution in [0.2, 0.25) is 0 Å². The first-order valence-electron chi connectivity index (χ1n) is 6.64. The molecular formula is C15H23NO. The van der Waals surface area contributed by atoms with Crippen molar-refractivity contribution >= 4 is 0 Å². The summed E-state index contributed by atoms with van der Waals surface area (Å²) in [6.45, 7) is 4.66. The fourth-order valence-electron chi connectivity index (χ4n) is 2.73. The Morgan fingerprint density at radius 3 is 2.47 bits per heavy atom. The Kier molecular flexibility index (Phi) is 3.82. The van der Waals surface area contributed by atoms with Crippen LogP contribution in [0.5, 0.6) is 0 Å². The van der Waals surface area contributed by atoms with E-state index in [1.807, 2.05) is 12.1 Å². The minimum absolute atomic E-state index is 0.187. The average Bonchev–Trinajstić information content (AvgIpc) is 2.30. The number of rotatable bonds is 3. The molecule has 1 aliphatic carbocycles. The topological polar surface area (TPSA) is 33.1 Å². The Bertz CT molecular complexity index is 337. The summed E-state index contributed by atoms with van der Waals surface area (Å²) in [5.41, 5.74) is 1.67. The van der Waals surface area contributed by atoms with Gasteiger partial charge in [0.25, 0.3) is 0 Å². The number of nitrogens with zero attached hydrogens (tertiary/aromatic N) is 1. The van der Waals surface area contributed by atoms with E-state index >= 15 is 0 Å². The van der Waals surface area contributed by atoms with Gasteiger partial charge in [-0.15, -0.1) is 0 Å². The molecule has 1 aliphatic rings. The third-order valence-corrected chi connectivity index (χ3v) is 4.12. The average molecular weight is 233 g/mol. The Morgan fingerprint density at radius 2 is 1.88 bits per heavy atom. The molecule has 1 aromatic rings. The van der Waals surface area contributed by atoms with Crippen LogP contribution < -0.4 is 0 Å². The van der Waals surface area contributed by atoms with Gasteiger partial charge in [-0.05, 0) is 61.1 Å². The highest BCUT2D eigenvalue weighted by Crippen LogP contribution is 2.39. The predicted molar refractivity (Wildman–Crippen MR) is 69.7 cm³/mol. The van der Waals surface area contributed by atoms with Crippen molar-refractivity contribution in [2.45, 2.75) is 52.1 Å². The summed E-state index contributed by atoms with van der Waals surface area (Å²) in [5, 5.41) is 10.3. The monoisotopic (exact) mass is 233 g/mol. The van der Waals surface area contributed by atoms with Crippen LogP contribution in [-0.4, -0.2) is 16.2 Å². The van der Waals surface area contributed by atoms with E-state index in [1.54, 1.807) is 12.4 Å². The minimum Gasteiger partial charge on any atom is -0.392 e. The SMILES string of the molecule is CC1(C)CCC(C(O)Cc2ccncc2)CC1. The predicted octanol–water partition coefficient (Wildman–Crippen LogP) is 3.20. The molecule has 1 fully saturated rings. The van der Waals surface area contributed by atoms with Crippen LogP contribution >= 0.6 is 0 Å². The highest BCUT2D eigenvalue weighted by molar-refractivity contribution is 5.11. The second-order valence-corrected chi connectivity index (χ2v) is 6.13. The number of pyridine rings is 1. The maximum Gasteiger partial charge on any atom is 0.0608 e. The molecule has 0 aromatic carbocycles. The second-order valence-electron chi connectivity index (χ2n) is 6.13. The second kappa shape index (κ2) is 5.18. The van der Waals surface area contributed by atoms with Crippen molar-refractivity contribution < 1.29 is 5.11 Å². The van der Waals surface area contributed by atoms with Crippen LogP contribution in [0.25, 0.3) is 0 Å². The zero-order valence-corrected chi connectivity index (χ0v) is 10.9. The van der Waals surface area contributed by atoms with E-state index in [2.05, 4.69) is 18.8 Å². The summed E-state index contributed by atoms with van der Waals surface area (Å²) in [6.07, 6.45) is 8.99. The number of aromatic nitrogens is 1. The third kappa shape index (κ3) is 3.53. The number of hydrogen-bond donors (Lipinski definition) is 1. The molecule has 2 heteroatoms. The Hall–Kier alpha value is -0.890. The third-order valence-electron chi connectivity index (χ3n) is 4.12. The van der Waals surface area contributed by atoms with Gasteiger partial charge in [-0.3, -0.25) is 4.98 Å². The van der Waals surface area contributed by atoms with Gasteiger partial charge < -0.3 is 5.11 Å². The highest BCUT2D eigenvalue weighted by atomic mass is 16.3. The smallest absolute Gasteiger partial charge is 0.0608 e. The Labute approximate surface area is 104 Å². The lowest BCUT2D eigenvalue weighted by molar-refractivity contribution is 0.0576. The maximum absolute atomic E-state index is 10.3. The molecule has 1 atom stereocenters. The standard InChI is InChI=1S/C15H23NO/c1-15(2)7-3-13(4-8-15)14(17)11-12-5-9-16-10-6-12/h5-6,9-10,13-14,17H,3-4,7-8,11H2,1-2H3. The van der Waals surface area contributed by atoms with Crippen molar-refractivity contribution in [2.24, 2.45) is 11.3 Å². The number of aliphatic hydroxyl groups is 1. The van der Waals surface area contributed by atoms with Crippen molar-refractivity contribution in [3.8, 4) is 0 Å². The summed E-state index contributed by atoms with van der Waals surface area (Å²) in [5.74, 6) is 0.483. The Balaban J connectivity index is 1.87. The quantitative estimate of drug-likeness (QED) is 0.869. The molecule has 0 radical (unpaired) electrons. The molecule has 1 unspecified atom stereocenters. The molecule has 0 bridgehead atoms. The lowest BCUT2D eigenvalue weighted by Gasteiger charge is -2.36. The van der Waals surface area contributed by atoms with E-state index in [-0.39, 0.29) is 6.10 Å². The van der Waals surface area contributed by atoms with Gasteiger partial charge in [-0.1, -0.05) is 13.8 Å². The zero-order valence-electron chi connectivity index (χ0n) is 10.9. The van der Waals surface area contributed by atoms with Crippen LogP contribution in [0.4, 0.5) is 0 Å². The summed E-state index contributed by atoms with van der Waals surface area (Å²) >= 11 is 0. The first kappa shape index (κ1) is 12.6. The number of hydrogen-bond acceptors (Lipinski definition) is 2. The molecule has 1 aromatic heterocycles. The highest BCUT2D eigenvalue weighted by Gasteiger charge is 2.30. The lowest BCUT2D eigenvalue weighted by atomic mass is 9.71. The van der Waals surface area contributed by atoms with Crippen molar-refractivity contribution in [2.75, 3.05) is 0 Å². The van der Waals surface area contributed by atoms with E-state index in [0.717, 1.165) is 6.42 Å². The van der Waals surface area contributed by atoms with Crippen LogP contribution in [0.3, 0.4) is 0 Å². The van der Waals surface area contributed by atoms with E-state index in [0.29, 0.717) is 11.3 Å². The van der Waals surface area contributed by atoms with E-state index in [1.165, 1.54) is 31.2 Å². The van der Waals surface area contributed by atoms with E-state index in [4.69, 9.17) is 0 Å². The van der Waals surface area contributed by atoms with Gasteiger partial charge in [0.05, 0.1) is 6.10 Å². The van der Waals surface area contributed by atoms with E-state index < -0.39 is 0 Å². The van der Waals surface area contributed by atoms with Crippen LogP contribution in [0.15, 0.2) is 24.5 Å². The van der Waals surface area contributed by atoms with Gasteiger partial charge in [-0.25, -0.2) is 0 Å². The molecule has 94 valence electrons. The molecular weight excluding hydrogens is 210 g/mol. The molecule has 0 saturated heterocycles. The lowest BCUT2D eigenvalue weighted by Crippen LogP contribution is -2.30. The maximum atomic E-state index is 10.3. The summed E-state index contributed by atoms with van der Waals surface area (Å²) < 4.78 is 0. The molecule has 0 spiro atoms. The fourth-order valence-corrected chi connectivity index (χ4v) is 2.73. The molecule has 0 aliphatic heterocycles. The van der Waals surface area contributed by atoms with Crippen LogP contribution in [0, 0.1) is 11.3 Å². The van der Waals surface area contributed by atoms with Gasteiger partial charge in [-0.2, -0.15) is 0 Å². The summed E-state index contributed by atoms with van der Waals surface area (Å²) in [6, 6.07) is 3.99. The van der Waals surface area contributed by atoms with Gasteiger partial charge in [0.1, 0.15) is 0 Å². The first-order chi connectivity index (χ1) is 8.07. The summed E-state index contributed by atoms with van der Waals surface area (Å²) in [4.78, 5) is 4.00. The summed E-state index contributed by atoms with van der Waals surface area (Å²) in [7, 11) is 0. The number of aliphatic hydroxyl groups excluding tert-OH is 1. The minimum atomic E-state index is -0.187. The van der Waals surface area contributed by atoms with Crippen molar-refractivity contribution in [3.05, 3.63) is 30.1 Å². The van der Waals surface area contributed by atoms with E-state index in [9.17, 15) is 5.11 Å². The van der Waals surface area contributed by atoms with Gasteiger partial charge in [0.15, 0.2) is 0 Å². The molecule has 1 N–H and O–H groups in total. The van der Waals surface area contributed by atoms with Crippen molar-refractivity contribution in [1.29, 1.82) is 0 Å². The Morgan fingerprint density at radius 1 is 1.29 bits per heavy atom. The van der Waals surface area contributed by atoms with Crippen molar-refractivity contribution in [1.82, 2.24) is 4.98 Å². The first-order valence-corrected chi connectivity index (χ1v) is 6.64. The molecule has 1 heterocycles. The van der Waals surface area contributed by atoms with Gasteiger partial charge in [0.2, 0.25) is 0 Å². The molecule has 17 heavy (non-hydrogen) atoms.